The molecule has 0 spiro atoms. The fraction of sp³-hybridized carbons (Fsp3) is 0.278. The van der Waals surface area contributed by atoms with Gasteiger partial charge in [0, 0.05) is 6.04 Å². The molecule has 6 heteroatoms. The van der Waals surface area contributed by atoms with E-state index in [1.807, 2.05) is 20.8 Å². The van der Waals surface area contributed by atoms with Crippen molar-refractivity contribution in [2.24, 2.45) is 0 Å². The summed E-state index contributed by atoms with van der Waals surface area (Å²) in [6.45, 7) is 5.79. The van der Waals surface area contributed by atoms with Gasteiger partial charge >= 0.3 is 10.1 Å². The van der Waals surface area contributed by atoms with Gasteiger partial charge in [0.2, 0.25) is 5.43 Å². The van der Waals surface area contributed by atoms with Crippen LogP contribution in [0.1, 0.15) is 25.8 Å². The highest BCUT2D eigenvalue weighted by Crippen LogP contribution is 2.17. The average molecular weight is 347 g/mol. The Balaban J connectivity index is 2.39. The zero-order valence-corrected chi connectivity index (χ0v) is 14.8. The minimum Gasteiger partial charge on any atom is -0.379 e. The molecule has 0 saturated carbocycles. The van der Waals surface area contributed by atoms with Gasteiger partial charge in [0.05, 0.1) is 5.69 Å². The van der Waals surface area contributed by atoms with Gasteiger partial charge in [-0.2, -0.15) is 8.42 Å². The summed E-state index contributed by atoms with van der Waals surface area (Å²) >= 11 is 0. The summed E-state index contributed by atoms with van der Waals surface area (Å²) in [4.78, 5) is 12.5. The topological polar surface area (TPSA) is 72.5 Å². The number of hydrogen-bond acceptors (Lipinski definition) is 5. The Morgan fingerprint density at radius 1 is 1.08 bits per heavy atom. The Labute approximate surface area is 142 Å². The molecule has 0 amide bonds. The van der Waals surface area contributed by atoms with E-state index in [1.54, 1.807) is 30.3 Å². The number of aryl methyl sites for hydroxylation is 1. The highest BCUT2D eigenvalue weighted by atomic mass is 32.2. The summed E-state index contributed by atoms with van der Waals surface area (Å²) in [6, 6.07) is 12.6. The normalized spacial score (nSPS) is 12.5. The lowest BCUT2D eigenvalue weighted by Gasteiger charge is -2.11. The molecule has 1 atom stereocenters. The van der Waals surface area contributed by atoms with Gasteiger partial charge in [-0.05, 0) is 44.5 Å². The van der Waals surface area contributed by atoms with Gasteiger partial charge in [0.25, 0.3) is 0 Å². The second-order valence-electron chi connectivity index (χ2n) is 5.63. The van der Waals surface area contributed by atoms with Gasteiger partial charge in [-0.15, -0.1) is 0 Å². The number of nitrogens with one attached hydrogen (secondary N) is 1. The zero-order chi connectivity index (χ0) is 17.7. The molecule has 0 aromatic heterocycles. The van der Waals surface area contributed by atoms with E-state index in [4.69, 9.17) is 4.18 Å². The second kappa shape index (κ2) is 7.49. The van der Waals surface area contributed by atoms with Gasteiger partial charge in [0.1, 0.15) is 4.90 Å². The quantitative estimate of drug-likeness (QED) is 0.812. The molecule has 24 heavy (non-hydrogen) atoms. The second-order valence-corrected chi connectivity index (χ2v) is 7.18. The van der Waals surface area contributed by atoms with Crippen molar-refractivity contribution in [3.8, 4) is 5.75 Å². The third-order valence-corrected chi connectivity index (χ3v) is 4.86. The van der Waals surface area contributed by atoms with E-state index in [-0.39, 0.29) is 16.7 Å². The van der Waals surface area contributed by atoms with Gasteiger partial charge in [0.15, 0.2) is 5.75 Å². The highest BCUT2D eigenvalue weighted by molar-refractivity contribution is 7.87. The van der Waals surface area contributed by atoms with Crippen LogP contribution >= 0.6 is 0 Å². The molecule has 128 valence electrons. The zero-order valence-electron chi connectivity index (χ0n) is 13.9. The van der Waals surface area contributed by atoms with E-state index in [1.165, 1.54) is 18.2 Å². The van der Waals surface area contributed by atoms with E-state index < -0.39 is 15.5 Å². The lowest BCUT2D eigenvalue weighted by molar-refractivity contribution is 0.484. The van der Waals surface area contributed by atoms with E-state index in [0.717, 1.165) is 12.0 Å². The molecule has 0 heterocycles. The molecule has 1 unspecified atom stereocenters. The molecule has 0 aliphatic rings. The van der Waals surface area contributed by atoms with Crippen molar-refractivity contribution in [1.29, 1.82) is 0 Å². The molecule has 0 radical (unpaired) electrons. The lowest BCUT2D eigenvalue weighted by Crippen LogP contribution is -2.21. The SMILES string of the molecule is CCC(C)Nc1ccccc(OS(=O)(=O)c2ccc(C)cc2)c1=O. The first-order valence-corrected chi connectivity index (χ1v) is 9.15. The van der Waals surface area contributed by atoms with Crippen LogP contribution in [0.3, 0.4) is 0 Å². The average Bonchev–Trinajstić information content (AvgIpc) is 2.70. The van der Waals surface area contributed by atoms with Gasteiger partial charge in [-0.3, -0.25) is 4.79 Å². The fourth-order valence-electron chi connectivity index (χ4n) is 2.00. The molecular weight excluding hydrogens is 326 g/mol. The van der Waals surface area contributed by atoms with Crippen LogP contribution in [0.25, 0.3) is 0 Å². The first-order chi connectivity index (χ1) is 11.3. The number of anilines is 1. The molecule has 1 N–H and O–H groups in total. The molecule has 2 aromatic carbocycles. The van der Waals surface area contributed by atoms with E-state index >= 15 is 0 Å². The summed E-state index contributed by atoms with van der Waals surface area (Å²) in [5.41, 5.74) is 0.754. The maximum atomic E-state index is 12.5. The number of benzene rings is 1. The standard InChI is InChI=1S/C18H21NO4S/c1-4-14(3)19-16-7-5-6-8-17(18(16)20)23-24(21,22)15-11-9-13(2)10-12-15/h5-12,14H,4H2,1-3H3,(H,19,20). The Kier molecular flexibility index (Phi) is 5.62. The van der Waals surface area contributed by atoms with Crippen molar-refractivity contribution in [2.75, 3.05) is 5.32 Å². The third kappa shape index (κ3) is 4.35. The smallest absolute Gasteiger partial charge is 0.339 e. The van der Waals surface area contributed by atoms with Crippen LogP contribution in [0.5, 0.6) is 5.75 Å². The summed E-state index contributed by atoms with van der Waals surface area (Å²) in [6.07, 6.45) is 0.829. The van der Waals surface area contributed by atoms with Crippen LogP contribution in [0.2, 0.25) is 0 Å². The fourth-order valence-corrected chi connectivity index (χ4v) is 2.93. The Bertz CT molecular complexity index is 861. The van der Waals surface area contributed by atoms with Crippen molar-refractivity contribution in [1.82, 2.24) is 0 Å². The summed E-state index contributed by atoms with van der Waals surface area (Å²) in [5.74, 6) is -0.230. The monoisotopic (exact) mass is 347 g/mol. The Morgan fingerprint density at radius 3 is 2.33 bits per heavy atom. The molecule has 2 rings (SSSR count). The predicted octanol–water partition coefficient (Wildman–Crippen LogP) is 3.33. The first kappa shape index (κ1) is 18.0. The highest BCUT2D eigenvalue weighted by Gasteiger charge is 2.18. The predicted molar refractivity (Wildman–Crippen MR) is 95.1 cm³/mol. The number of rotatable bonds is 6. The van der Waals surface area contributed by atoms with Gasteiger partial charge < -0.3 is 9.50 Å². The van der Waals surface area contributed by atoms with Crippen LogP contribution in [-0.4, -0.2) is 14.5 Å². The molecule has 0 bridgehead atoms. The van der Waals surface area contributed by atoms with Crippen LogP contribution in [-0.2, 0) is 10.1 Å². The summed E-state index contributed by atoms with van der Waals surface area (Å²) in [7, 11) is -4.06. The molecule has 2 aromatic rings. The molecule has 5 nitrogen and oxygen atoms in total. The largest absolute Gasteiger partial charge is 0.379 e. The minimum atomic E-state index is -4.06. The molecule has 0 aliphatic carbocycles. The van der Waals surface area contributed by atoms with Crippen molar-refractivity contribution in [3.05, 3.63) is 64.3 Å². The maximum Gasteiger partial charge on any atom is 0.339 e. The van der Waals surface area contributed by atoms with Gasteiger partial charge in [-0.1, -0.05) is 36.8 Å². The molecular formula is C18H21NO4S. The van der Waals surface area contributed by atoms with E-state index in [2.05, 4.69) is 5.32 Å². The van der Waals surface area contributed by atoms with Crippen molar-refractivity contribution in [2.45, 2.75) is 38.1 Å². The van der Waals surface area contributed by atoms with Crippen molar-refractivity contribution < 1.29 is 12.6 Å². The van der Waals surface area contributed by atoms with Crippen LogP contribution in [0, 0.1) is 6.92 Å². The van der Waals surface area contributed by atoms with Crippen molar-refractivity contribution in [3.63, 3.8) is 0 Å². The number of hydrogen-bond donors (Lipinski definition) is 1. The maximum absolute atomic E-state index is 12.5. The third-order valence-electron chi connectivity index (χ3n) is 3.61. The van der Waals surface area contributed by atoms with Gasteiger partial charge in [-0.25, -0.2) is 0 Å². The first-order valence-electron chi connectivity index (χ1n) is 7.74. The minimum absolute atomic E-state index is 0.00967. The van der Waals surface area contributed by atoms with E-state index in [0.29, 0.717) is 5.69 Å². The summed E-state index contributed by atoms with van der Waals surface area (Å²) < 4.78 is 29.8. The van der Waals surface area contributed by atoms with E-state index in [9.17, 15) is 13.2 Å². The molecule has 0 fully saturated rings. The Morgan fingerprint density at radius 2 is 1.71 bits per heavy atom. The Hall–Kier alpha value is -2.34. The van der Waals surface area contributed by atoms with Crippen molar-refractivity contribution >= 4 is 15.8 Å². The van der Waals surface area contributed by atoms with Crippen LogP contribution in [0.4, 0.5) is 5.69 Å². The van der Waals surface area contributed by atoms with Crippen LogP contribution < -0.4 is 14.9 Å². The van der Waals surface area contributed by atoms with Crippen LogP contribution in [0.15, 0.2) is 58.2 Å². The molecule has 0 saturated heterocycles. The molecule has 0 aliphatic heterocycles. The summed E-state index contributed by atoms with van der Waals surface area (Å²) in [5, 5.41) is 3.07. The lowest BCUT2D eigenvalue weighted by atomic mass is 10.2.